The highest BCUT2D eigenvalue weighted by Gasteiger charge is 2.06. The van der Waals surface area contributed by atoms with Crippen LogP contribution in [0.25, 0.3) is 0 Å². The Kier molecular flexibility index (Phi) is 7.07. The maximum Gasteiger partial charge on any atom is 0.315 e. The number of ether oxygens (including phenoxy) is 2. The maximum absolute atomic E-state index is 12.0. The van der Waals surface area contributed by atoms with Gasteiger partial charge in [0.05, 0.1) is 12.7 Å². The normalized spacial score (nSPS) is 10.4. The van der Waals surface area contributed by atoms with Crippen LogP contribution in [0.5, 0.6) is 11.6 Å². The molecular formula is C19H25N3O3. The molecule has 2 rings (SSSR count). The van der Waals surface area contributed by atoms with E-state index in [1.54, 1.807) is 6.20 Å². The molecule has 0 aliphatic rings. The van der Waals surface area contributed by atoms with Crippen LogP contribution in [-0.4, -0.2) is 23.7 Å². The van der Waals surface area contributed by atoms with Gasteiger partial charge >= 0.3 is 6.03 Å². The fourth-order valence-electron chi connectivity index (χ4n) is 2.20. The molecule has 1 aromatic carbocycles. The molecule has 0 bridgehead atoms. The third kappa shape index (κ3) is 6.33. The highest BCUT2D eigenvalue weighted by atomic mass is 16.5. The molecule has 25 heavy (non-hydrogen) atoms. The number of carbonyl (C=O) groups is 1. The molecule has 0 aliphatic carbocycles. The van der Waals surface area contributed by atoms with Gasteiger partial charge in [-0.25, -0.2) is 9.78 Å². The standard InChI is InChI=1S/C19H25N3O3/c1-4-24-18-16(6-5-11-20-18)13-22-19(23)21-12-15-7-9-17(10-8-15)25-14(2)3/h5-11,14H,4,12-13H2,1-3H3,(H2,21,22,23). The van der Waals surface area contributed by atoms with E-state index in [4.69, 9.17) is 9.47 Å². The summed E-state index contributed by atoms with van der Waals surface area (Å²) in [6.45, 7) is 7.20. The third-order valence-electron chi connectivity index (χ3n) is 3.32. The summed E-state index contributed by atoms with van der Waals surface area (Å²) in [7, 11) is 0. The minimum atomic E-state index is -0.242. The van der Waals surface area contributed by atoms with E-state index >= 15 is 0 Å². The van der Waals surface area contributed by atoms with Gasteiger partial charge in [-0.3, -0.25) is 0 Å². The second-order valence-electron chi connectivity index (χ2n) is 5.75. The molecule has 1 heterocycles. The lowest BCUT2D eigenvalue weighted by Gasteiger charge is -2.12. The van der Waals surface area contributed by atoms with Crippen molar-refractivity contribution >= 4 is 6.03 Å². The molecule has 0 saturated heterocycles. The van der Waals surface area contributed by atoms with E-state index in [1.807, 2.05) is 57.2 Å². The van der Waals surface area contributed by atoms with Crippen LogP contribution < -0.4 is 20.1 Å². The molecule has 2 aromatic rings. The molecule has 0 fully saturated rings. The van der Waals surface area contributed by atoms with E-state index in [2.05, 4.69) is 15.6 Å². The van der Waals surface area contributed by atoms with E-state index in [9.17, 15) is 4.79 Å². The molecule has 0 aliphatic heterocycles. The van der Waals surface area contributed by atoms with Gasteiger partial charge in [-0.15, -0.1) is 0 Å². The Labute approximate surface area is 148 Å². The quantitative estimate of drug-likeness (QED) is 0.772. The van der Waals surface area contributed by atoms with Crippen LogP contribution in [0, 0.1) is 0 Å². The number of carbonyl (C=O) groups excluding carboxylic acids is 1. The second-order valence-corrected chi connectivity index (χ2v) is 5.75. The van der Waals surface area contributed by atoms with Crippen molar-refractivity contribution in [3.05, 3.63) is 53.7 Å². The van der Waals surface area contributed by atoms with E-state index in [0.717, 1.165) is 16.9 Å². The van der Waals surface area contributed by atoms with Crippen molar-refractivity contribution in [1.82, 2.24) is 15.6 Å². The number of pyridine rings is 1. The number of hydrogen-bond donors (Lipinski definition) is 2. The second kappa shape index (κ2) is 9.52. The average molecular weight is 343 g/mol. The van der Waals surface area contributed by atoms with Gasteiger partial charge < -0.3 is 20.1 Å². The van der Waals surface area contributed by atoms with Gasteiger partial charge in [0.15, 0.2) is 0 Å². The Hall–Kier alpha value is -2.76. The van der Waals surface area contributed by atoms with Crippen molar-refractivity contribution in [3.8, 4) is 11.6 Å². The van der Waals surface area contributed by atoms with Crippen LogP contribution in [0.4, 0.5) is 4.79 Å². The molecule has 134 valence electrons. The van der Waals surface area contributed by atoms with Crippen LogP contribution in [0.1, 0.15) is 31.9 Å². The molecule has 2 amide bonds. The summed E-state index contributed by atoms with van der Waals surface area (Å²) >= 11 is 0. The fraction of sp³-hybridized carbons (Fsp3) is 0.368. The van der Waals surface area contributed by atoms with E-state index in [0.29, 0.717) is 25.6 Å². The van der Waals surface area contributed by atoms with Crippen molar-refractivity contribution in [2.24, 2.45) is 0 Å². The maximum atomic E-state index is 12.0. The summed E-state index contributed by atoms with van der Waals surface area (Å²) in [5.41, 5.74) is 1.84. The van der Waals surface area contributed by atoms with Crippen LogP contribution in [0.2, 0.25) is 0 Å². The predicted molar refractivity (Wildman–Crippen MR) is 96.7 cm³/mol. The molecule has 0 radical (unpaired) electrons. The minimum absolute atomic E-state index is 0.142. The Morgan fingerprint density at radius 3 is 2.52 bits per heavy atom. The lowest BCUT2D eigenvalue weighted by atomic mass is 10.2. The molecule has 1 aromatic heterocycles. The minimum Gasteiger partial charge on any atom is -0.491 e. The van der Waals surface area contributed by atoms with Crippen molar-refractivity contribution in [1.29, 1.82) is 0 Å². The first-order valence-corrected chi connectivity index (χ1v) is 8.42. The SMILES string of the molecule is CCOc1ncccc1CNC(=O)NCc1ccc(OC(C)C)cc1. The summed E-state index contributed by atoms with van der Waals surface area (Å²) in [6.07, 6.45) is 1.81. The van der Waals surface area contributed by atoms with Crippen molar-refractivity contribution in [2.45, 2.75) is 40.0 Å². The highest BCUT2D eigenvalue weighted by Crippen LogP contribution is 2.14. The zero-order chi connectivity index (χ0) is 18.1. The van der Waals surface area contributed by atoms with Crippen molar-refractivity contribution in [3.63, 3.8) is 0 Å². The van der Waals surface area contributed by atoms with Gasteiger partial charge in [-0.05, 0) is 44.5 Å². The van der Waals surface area contributed by atoms with Gasteiger partial charge in [0, 0.05) is 24.8 Å². The number of hydrogen-bond acceptors (Lipinski definition) is 4. The summed E-state index contributed by atoms with van der Waals surface area (Å²) in [4.78, 5) is 16.1. The van der Waals surface area contributed by atoms with E-state index in [1.165, 1.54) is 0 Å². The molecule has 0 spiro atoms. The number of nitrogens with one attached hydrogen (secondary N) is 2. The van der Waals surface area contributed by atoms with Crippen LogP contribution in [0.3, 0.4) is 0 Å². The number of rotatable bonds is 8. The molecule has 2 N–H and O–H groups in total. The first-order chi connectivity index (χ1) is 12.1. The van der Waals surface area contributed by atoms with Crippen LogP contribution in [0.15, 0.2) is 42.6 Å². The number of urea groups is 1. The van der Waals surface area contributed by atoms with Gasteiger partial charge in [-0.2, -0.15) is 0 Å². The number of aromatic nitrogens is 1. The predicted octanol–water partition coefficient (Wildman–Crippen LogP) is 3.27. The first-order valence-electron chi connectivity index (χ1n) is 8.42. The van der Waals surface area contributed by atoms with E-state index in [-0.39, 0.29) is 12.1 Å². The summed E-state index contributed by atoms with van der Waals surface area (Å²) < 4.78 is 11.0. The fourth-order valence-corrected chi connectivity index (χ4v) is 2.20. The largest absolute Gasteiger partial charge is 0.491 e. The Balaban J connectivity index is 1.79. The monoisotopic (exact) mass is 343 g/mol. The van der Waals surface area contributed by atoms with Crippen molar-refractivity contribution in [2.75, 3.05) is 6.61 Å². The highest BCUT2D eigenvalue weighted by molar-refractivity contribution is 5.73. The lowest BCUT2D eigenvalue weighted by Crippen LogP contribution is -2.34. The number of nitrogens with zero attached hydrogens (tertiary/aromatic N) is 1. The Bertz CT molecular complexity index is 672. The van der Waals surface area contributed by atoms with Gasteiger partial charge in [0.2, 0.25) is 5.88 Å². The van der Waals surface area contributed by atoms with Gasteiger partial charge in [0.1, 0.15) is 5.75 Å². The summed E-state index contributed by atoms with van der Waals surface area (Å²) in [5.74, 6) is 1.37. The molecule has 6 nitrogen and oxygen atoms in total. The zero-order valence-corrected chi connectivity index (χ0v) is 14.9. The first kappa shape index (κ1) is 18.6. The van der Waals surface area contributed by atoms with Gasteiger partial charge in [-0.1, -0.05) is 18.2 Å². The molecule has 0 unspecified atom stereocenters. The zero-order valence-electron chi connectivity index (χ0n) is 14.9. The molecular weight excluding hydrogens is 318 g/mol. The summed E-state index contributed by atoms with van der Waals surface area (Å²) in [5, 5.41) is 5.64. The van der Waals surface area contributed by atoms with Crippen molar-refractivity contribution < 1.29 is 14.3 Å². The average Bonchev–Trinajstić information content (AvgIpc) is 2.60. The number of amides is 2. The molecule has 0 saturated carbocycles. The third-order valence-corrected chi connectivity index (χ3v) is 3.32. The van der Waals surface area contributed by atoms with Crippen LogP contribution >= 0.6 is 0 Å². The number of benzene rings is 1. The molecule has 6 heteroatoms. The van der Waals surface area contributed by atoms with Crippen LogP contribution in [-0.2, 0) is 13.1 Å². The Morgan fingerprint density at radius 1 is 1.12 bits per heavy atom. The van der Waals surface area contributed by atoms with Gasteiger partial charge in [0.25, 0.3) is 0 Å². The Morgan fingerprint density at radius 2 is 1.84 bits per heavy atom. The van der Waals surface area contributed by atoms with E-state index < -0.39 is 0 Å². The summed E-state index contributed by atoms with van der Waals surface area (Å²) in [6, 6.07) is 11.1. The lowest BCUT2D eigenvalue weighted by molar-refractivity contribution is 0.240. The smallest absolute Gasteiger partial charge is 0.315 e. The molecule has 0 atom stereocenters. The topological polar surface area (TPSA) is 72.5 Å².